The summed E-state index contributed by atoms with van der Waals surface area (Å²) in [6.45, 7) is 2.78. The first kappa shape index (κ1) is 12.6. The monoisotopic (exact) mass is 266 g/mol. The molecule has 5 atom stereocenters. The molecule has 0 aliphatic carbocycles. The Labute approximate surface area is 115 Å². The molecule has 4 nitrogen and oxygen atoms in total. The van der Waals surface area contributed by atoms with E-state index in [1.807, 2.05) is 0 Å². The highest BCUT2D eigenvalue weighted by atomic mass is 16.5. The van der Waals surface area contributed by atoms with Gasteiger partial charge in [0.2, 0.25) is 0 Å². The number of rotatable bonds is 2. The maximum absolute atomic E-state index is 11.6. The zero-order valence-electron chi connectivity index (χ0n) is 11.7. The van der Waals surface area contributed by atoms with E-state index >= 15 is 0 Å². The highest BCUT2D eigenvalue weighted by molar-refractivity contribution is 5.18. The smallest absolute Gasteiger partial charge is 0.0908 e. The van der Waals surface area contributed by atoms with Crippen LogP contribution in [-0.4, -0.2) is 53.5 Å². The van der Waals surface area contributed by atoms with Crippen LogP contribution in [-0.2, 0) is 4.74 Å². The van der Waals surface area contributed by atoms with Gasteiger partial charge in [-0.15, -0.1) is 0 Å². The first-order chi connectivity index (χ1) is 9.19. The number of nitrogens with zero attached hydrogens (tertiary/aromatic N) is 1. The molecular weight excluding hydrogens is 240 g/mol. The second-order valence-electron chi connectivity index (χ2n) is 7.11. The Morgan fingerprint density at radius 2 is 2.11 bits per heavy atom. The fraction of sp³-hybridized carbons (Fsp3) is 1.00. The maximum atomic E-state index is 11.6. The summed E-state index contributed by atoms with van der Waals surface area (Å²) in [6, 6.07) is 0.327. The van der Waals surface area contributed by atoms with Crippen molar-refractivity contribution in [3.05, 3.63) is 0 Å². The van der Waals surface area contributed by atoms with E-state index in [0.29, 0.717) is 18.7 Å². The lowest BCUT2D eigenvalue weighted by Crippen LogP contribution is -2.63. The highest BCUT2D eigenvalue weighted by Crippen LogP contribution is 2.58. The number of piperidine rings is 1. The quantitative estimate of drug-likeness (QED) is 0.779. The van der Waals surface area contributed by atoms with Gasteiger partial charge in [0.05, 0.1) is 17.8 Å². The van der Waals surface area contributed by atoms with Crippen LogP contribution in [0, 0.1) is 5.41 Å². The molecule has 2 bridgehead atoms. The Hall–Kier alpha value is -0.160. The molecule has 108 valence electrons. The van der Waals surface area contributed by atoms with Crippen molar-refractivity contribution in [1.29, 1.82) is 0 Å². The molecule has 4 heteroatoms. The van der Waals surface area contributed by atoms with E-state index in [2.05, 4.69) is 4.90 Å². The summed E-state index contributed by atoms with van der Waals surface area (Å²) < 4.78 is 6.08. The van der Waals surface area contributed by atoms with Crippen LogP contribution in [0.3, 0.4) is 0 Å². The fourth-order valence-corrected chi connectivity index (χ4v) is 5.51. The number of ether oxygens (including phenoxy) is 1. The van der Waals surface area contributed by atoms with Crippen LogP contribution in [0.1, 0.15) is 44.9 Å². The molecule has 0 amide bonds. The molecule has 5 unspecified atom stereocenters. The van der Waals surface area contributed by atoms with Crippen molar-refractivity contribution >= 4 is 0 Å². The van der Waals surface area contributed by atoms with Gasteiger partial charge in [0.25, 0.3) is 0 Å². The van der Waals surface area contributed by atoms with E-state index in [4.69, 9.17) is 10.5 Å². The zero-order chi connectivity index (χ0) is 13.1. The Bertz CT molecular complexity index is 377. The van der Waals surface area contributed by atoms with Gasteiger partial charge in [-0.25, -0.2) is 0 Å². The van der Waals surface area contributed by atoms with Crippen molar-refractivity contribution in [3.8, 4) is 0 Å². The molecule has 3 N–H and O–H groups in total. The molecule has 19 heavy (non-hydrogen) atoms. The average Bonchev–Trinajstić information content (AvgIpc) is 3.13. The summed E-state index contributed by atoms with van der Waals surface area (Å²) in [5.74, 6) is 0. The fourth-order valence-electron chi connectivity index (χ4n) is 5.51. The van der Waals surface area contributed by atoms with E-state index < -0.39 is 5.60 Å². The SMILES string of the molecule is NCC1(C2(O)CCN3CCCCC32)CC2CCC1O2. The van der Waals surface area contributed by atoms with Crippen LogP contribution in [0.4, 0.5) is 0 Å². The van der Waals surface area contributed by atoms with Gasteiger partial charge in [0.1, 0.15) is 0 Å². The lowest BCUT2D eigenvalue weighted by molar-refractivity contribution is -0.133. The molecule has 0 aromatic carbocycles. The Morgan fingerprint density at radius 1 is 1.21 bits per heavy atom. The lowest BCUT2D eigenvalue weighted by Gasteiger charge is -2.50. The molecule has 4 rings (SSSR count). The molecule has 0 saturated carbocycles. The highest BCUT2D eigenvalue weighted by Gasteiger charge is 2.66. The van der Waals surface area contributed by atoms with Crippen LogP contribution in [0.15, 0.2) is 0 Å². The summed E-state index contributed by atoms with van der Waals surface area (Å²) >= 11 is 0. The largest absolute Gasteiger partial charge is 0.387 e. The Kier molecular flexibility index (Phi) is 2.76. The molecule has 4 fully saturated rings. The van der Waals surface area contributed by atoms with Crippen molar-refractivity contribution in [2.75, 3.05) is 19.6 Å². The van der Waals surface area contributed by atoms with E-state index in [1.165, 1.54) is 12.8 Å². The molecule has 0 spiro atoms. The van der Waals surface area contributed by atoms with Crippen molar-refractivity contribution < 1.29 is 9.84 Å². The topological polar surface area (TPSA) is 58.7 Å². The molecule has 4 aliphatic rings. The second kappa shape index (κ2) is 4.17. The van der Waals surface area contributed by atoms with Crippen molar-refractivity contribution in [3.63, 3.8) is 0 Å². The molecule has 4 heterocycles. The van der Waals surface area contributed by atoms with Gasteiger partial charge < -0.3 is 15.6 Å². The summed E-state index contributed by atoms with van der Waals surface area (Å²) in [5, 5.41) is 11.6. The summed E-state index contributed by atoms with van der Waals surface area (Å²) in [7, 11) is 0. The number of nitrogens with two attached hydrogens (primary N) is 1. The third-order valence-electron chi connectivity index (χ3n) is 6.49. The maximum Gasteiger partial charge on any atom is 0.0908 e. The lowest BCUT2D eigenvalue weighted by atomic mass is 9.59. The summed E-state index contributed by atoms with van der Waals surface area (Å²) in [5.41, 5.74) is 5.40. The van der Waals surface area contributed by atoms with Gasteiger partial charge >= 0.3 is 0 Å². The average molecular weight is 266 g/mol. The van der Waals surface area contributed by atoms with Crippen molar-refractivity contribution in [2.45, 2.75) is 68.8 Å². The zero-order valence-corrected chi connectivity index (χ0v) is 11.7. The number of hydrogen-bond donors (Lipinski definition) is 2. The third-order valence-corrected chi connectivity index (χ3v) is 6.49. The van der Waals surface area contributed by atoms with Crippen LogP contribution < -0.4 is 5.73 Å². The van der Waals surface area contributed by atoms with Crippen molar-refractivity contribution in [2.24, 2.45) is 11.1 Å². The minimum atomic E-state index is -0.609. The van der Waals surface area contributed by atoms with E-state index in [1.54, 1.807) is 0 Å². The van der Waals surface area contributed by atoms with Crippen LogP contribution in [0.5, 0.6) is 0 Å². The van der Waals surface area contributed by atoms with Crippen LogP contribution >= 0.6 is 0 Å². The molecule has 4 aliphatic heterocycles. The van der Waals surface area contributed by atoms with Gasteiger partial charge in [-0.05, 0) is 45.1 Å². The van der Waals surface area contributed by atoms with Crippen LogP contribution in [0.25, 0.3) is 0 Å². The van der Waals surface area contributed by atoms with E-state index in [-0.39, 0.29) is 11.5 Å². The number of hydrogen-bond acceptors (Lipinski definition) is 4. The molecular formula is C15H26N2O2. The van der Waals surface area contributed by atoms with Gasteiger partial charge in [0.15, 0.2) is 0 Å². The third kappa shape index (κ3) is 1.49. The van der Waals surface area contributed by atoms with Crippen molar-refractivity contribution in [1.82, 2.24) is 4.90 Å². The molecule has 0 aromatic heterocycles. The van der Waals surface area contributed by atoms with Gasteiger partial charge in [0, 0.05) is 24.5 Å². The molecule has 0 aromatic rings. The second-order valence-corrected chi connectivity index (χ2v) is 7.11. The molecule has 4 saturated heterocycles. The molecule has 0 radical (unpaired) electrons. The van der Waals surface area contributed by atoms with Gasteiger partial charge in [-0.1, -0.05) is 6.42 Å². The van der Waals surface area contributed by atoms with Gasteiger partial charge in [-0.3, -0.25) is 4.90 Å². The Balaban J connectivity index is 1.69. The Morgan fingerprint density at radius 3 is 2.79 bits per heavy atom. The van der Waals surface area contributed by atoms with Gasteiger partial charge in [-0.2, -0.15) is 0 Å². The standard InChI is InChI=1S/C15H26N2O2/c16-10-14(9-11-4-5-13(14)19-11)15(18)6-8-17-7-2-1-3-12(15)17/h11-13,18H,1-10,16H2. The summed E-state index contributed by atoms with van der Waals surface area (Å²) in [6.07, 6.45) is 8.36. The summed E-state index contributed by atoms with van der Waals surface area (Å²) in [4.78, 5) is 2.51. The van der Waals surface area contributed by atoms with E-state index in [0.717, 1.165) is 45.2 Å². The minimum absolute atomic E-state index is 0.174. The first-order valence-corrected chi connectivity index (χ1v) is 8.01. The first-order valence-electron chi connectivity index (χ1n) is 8.01. The normalized spacial score (nSPS) is 53.7. The predicted octanol–water partition coefficient (Wildman–Crippen LogP) is 0.872. The number of aliphatic hydroxyl groups is 1. The number of fused-ring (bicyclic) bond motifs is 3. The predicted molar refractivity (Wildman–Crippen MR) is 72.8 cm³/mol. The van der Waals surface area contributed by atoms with E-state index in [9.17, 15) is 5.11 Å². The van der Waals surface area contributed by atoms with Crippen LogP contribution in [0.2, 0.25) is 0 Å². The minimum Gasteiger partial charge on any atom is -0.387 e.